The van der Waals surface area contributed by atoms with Crippen molar-refractivity contribution in [2.24, 2.45) is 5.92 Å². The van der Waals surface area contributed by atoms with Crippen molar-refractivity contribution in [3.8, 4) is 0 Å². The van der Waals surface area contributed by atoms with Crippen LogP contribution >= 0.6 is 0 Å². The highest BCUT2D eigenvalue weighted by Gasteiger charge is 2.27. The minimum atomic E-state index is -0.500. The van der Waals surface area contributed by atoms with Crippen LogP contribution < -0.4 is 0 Å². The summed E-state index contributed by atoms with van der Waals surface area (Å²) in [6, 6.07) is 0. The van der Waals surface area contributed by atoms with Crippen molar-refractivity contribution in [1.82, 2.24) is 0 Å². The fourth-order valence-electron chi connectivity index (χ4n) is 1.50. The van der Waals surface area contributed by atoms with Crippen molar-refractivity contribution in [3.63, 3.8) is 0 Å². The lowest BCUT2D eigenvalue weighted by molar-refractivity contribution is -0.126. The quantitative estimate of drug-likeness (QED) is 0.622. The lowest BCUT2D eigenvalue weighted by Gasteiger charge is -2.04. The molecule has 0 fully saturated rings. The van der Waals surface area contributed by atoms with Gasteiger partial charge in [0.05, 0.1) is 5.92 Å². The molecule has 0 aliphatic heterocycles. The minimum absolute atomic E-state index is 0.112. The summed E-state index contributed by atoms with van der Waals surface area (Å²) in [6.07, 6.45) is 4.81. The van der Waals surface area contributed by atoms with Gasteiger partial charge in [-0.3, -0.25) is 14.4 Å². The topological polar surface area (TPSA) is 51.2 Å². The van der Waals surface area contributed by atoms with E-state index in [1.54, 1.807) is 0 Å². The summed E-state index contributed by atoms with van der Waals surface area (Å²) in [5.41, 5.74) is 0. The molecule has 1 rings (SSSR count). The van der Waals surface area contributed by atoms with Crippen LogP contribution in [-0.4, -0.2) is 17.3 Å². The Morgan fingerprint density at radius 3 is 2.36 bits per heavy atom. The highest BCUT2D eigenvalue weighted by atomic mass is 16.2. The Morgan fingerprint density at radius 2 is 1.86 bits per heavy atom. The SMILES string of the molecule is CCC(=O)CCCC1C(=O)C=CC1=O. The van der Waals surface area contributed by atoms with E-state index in [4.69, 9.17) is 0 Å². The second kappa shape index (κ2) is 4.84. The molecule has 0 spiro atoms. The van der Waals surface area contributed by atoms with Crippen LogP contribution in [0, 0.1) is 5.92 Å². The van der Waals surface area contributed by atoms with Gasteiger partial charge in [0.2, 0.25) is 0 Å². The second-order valence-electron chi connectivity index (χ2n) is 3.48. The summed E-state index contributed by atoms with van der Waals surface area (Å²) >= 11 is 0. The molecule has 0 radical (unpaired) electrons. The van der Waals surface area contributed by atoms with Crippen molar-refractivity contribution < 1.29 is 14.4 Å². The van der Waals surface area contributed by atoms with Gasteiger partial charge < -0.3 is 0 Å². The van der Waals surface area contributed by atoms with Gasteiger partial charge in [-0.05, 0) is 25.0 Å². The molecule has 76 valence electrons. The third kappa shape index (κ3) is 2.62. The minimum Gasteiger partial charge on any atom is -0.300 e. The zero-order valence-electron chi connectivity index (χ0n) is 8.29. The van der Waals surface area contributed by atoms with Gasteiger partial charge in [0.15, 0.2) is 11.6 Å². The molecule has 0 saturated carbocycles. The molecule has 1 aliphatic rings. The lowest BCUT2D eigenvalue weighted by Crippen LogP contribution is -2.15. The number of carbonyl (C=O) groups is 3. The highest BCUT2D eigenvalue weighted by molar-refractivity contribution is 6.18. The summed E-state index contributed by atoms with van der Waals surface area (Å²) in [7, 11) is 0. The van der Waals surface area contributed by atoms with Crippen molar-refractivity contribution in [2.45, 2.75) is 32.6 Å². The van der Waals surface area contributed by atoms with E-state index in [9.17, 15) is 14.4 Å². The molecular formula is C11H14O3. The summed E-state index contributed by atoms with van der Waals surface area (Å²) in [4.78, 5) is 33.2. The van der Waals surface area contributed by atoms with Crippen molar-refractivity contribution in [3.05, 3.63) is 12.2 Å². The molecule has 0 saturated heterocycles. The maximum absolute atomic E-state index is 11.1. The molecule has 14 heavy (non-hydrogen) atoms. The molecule has 0 amide bonds. The van der Waals surface area contributed by atoms with Gasteiger partial charge in [0.1, 0.15) is 5.78 Å². The zero-order valence-corrected chi connectivity index (χ0v) is 8.29. The van der Waals surface area contributed by atoms with E-state index in [0.29, 0.717) is 25.7 Å². The molecule has 3 nitrogen and oxygen atoms in total. The summed E-state index contributed by atoms with van der Waals surface area (Å²) in [5, 5.41) is 0. The van der Waals surface area contributed by atoms with Crippen LogP contribution in [0.4, 0.5) is 0 Å². The average molecular weight is 194 g/mol. The van der Waals surface area contributed by atoms with E-state index < -0.39 is 5.92 Å². The smallest absolute Gasteiger partial charge is 0.166 e. The molecule has 0 heterocycles. The molecule has 1 aliphatic carbocycles. The van der Waals surface area contributed by atoms with Crippen LogP contribution in [0.15, 0.2) is 12.2 Å². The third-order valence-corrected chi connectivity index (χ3v) is 2.44. The fraction of sp³-hybridized carbons (Fsp3) is 0.545. The summed E-state index contributed by atoms with van der Waals surface area (Å²) in [5.74, 6) is -0.534. The van der Waals surface area contributed by atoms with Gasteiger partial charge >= 0.3 is 0 Å². The third-order valence-electron chi connectivity index (χ3n) is 2.44. The maximum atomic E-state index is 11.1. The number of Topliss-reactive ketones (excluding diaryl/α,β-unsaturated/α-hetero) is 1. The zero-order chi connectivity index (χ0) is 10.6. The van der Waals surface area contributed by atoms with Gasteiger partial charge in [-0.1, -0.05) is 6.92 Å². The van der Waals surface area contributed by atoms with Gasteiger partial charge in [0.25, 0.3) is 0 Å². The standard InChI is InChI=1S/C11H14O3/c1-2-8(12)4-3-5-9-10(13)6-7-11(9)14/h6-7,9H,2-5H2,1H3. The van der Waals surface area contributed by atoms with E-state index in [1.165, 1.54) is 12.2 Å². The molecule has 0 aromatic rings. The fourth-order valence-corrected chi connectivity index (χ4v) is 1.50. The van der Waals surface area contributed by atoms with Gasteiger partial charge in [0, 0.05) is 12.8 Å². The first kappa shape index (κ1) is 10.8. The van der Waals surface area contributed by atoms with Crippen LogP contribution in [0.1, 0.15) is 32.6 Å². The predicted molar refractivity (Wildman–Crippen MR) is 51.8 cm³/mol. The van der Waals surface area contributed by atoms with E-state index in [1.807, 2.05) is 6.92 Å². The molecule has 0 N–H and O–H groups in total. The Kier molecular flexibility index (Phi) is 3.74. The van der Waals surface area contributed by atoms with E-state index in [-0.39, 0.29) is 17.3 Å². The number of allylic oxidation sites excluding steroid dienone is 2. The van der Waals surface area contributed by atoms with Crippen LogP contribution in [0.2, 0.25) is 0 Å². The molecule has 3 heteroatoms. The molecule has 0 unspecified atom stereocenters. The Balaban J connectivity index is 2.29. The van der Waals surface area contributed by atoms with Crippen molar-refractivity contribution >= 4 is 17.3 Å². The monoisotopic (exact) mass is 194 g/mol. The Bertz CT molecular complexity index is 271. The van der Waals surface area contributed by atoms with E-state index in [0.717, 1.165) is 0 Å². The highest BCUT2D eigenvalue weighted by Crippen LogP contribution is 2.17. The van der Waals surface area contributed by atoms with E-state index >= 15 is 0 Å². The number of hydrogen-bond acceptors (Lipinski definition) is 3. The summed E-state index contributed by atoms with van der Waals surface area (Å²) in [6.45, 7) is 1.82. The maximum Gasteiger partial charge on any atom is 0.166 e. The van der Waals surface area contributed by atoms with Crippen LogP contribution in [0.5, 0.6) is 0 Å². The molecular weight excluding hydrogens is 180 g/mol. The van der Waals surface area contributed by atoms with Gasteiger partial charge in [-0.2, -0.15) is 0 Å². The van der Waals surface area contributed by atoms with Gasteiger partial charge in [-0.15, -0.1) is 0 Å². The predicted octanol–water partition coefficient (Wildman–Crippen LogP) is 1.46. The number of ketones is 3. The van der Waals surface area contributed by atoms with Gasteiger partial charge in [-0.25, -0.2) is 0 Å². The van der Waals surface area contributed by atoms with Crippen molar-refractivity contribution in [1.29, 1.82) is 0 Å². The second-order valence-corrected chi connectivity index (χ2v) is 3.48. The first-order chi connectivity index (χ1) is 6.65. The first-order valence-electron chi connectivity index (χ1n) is 4.92. The number of carbonyl (C=O) groups excluding carboxylic acids is 3. The van der Waals surface area contributed by atoms with Crippen LogP contribution in [0.25, 0.3) is 0 Å². The largest absolute Gasteiger partial charge is 0.300 e. The average Bonchev–Trinajstić information content (AvgIpc) is 2.48. The first-order valence-corrected chi connectivity index (χ1v) is 4.92. The number of hydrogen-bond donors (Lipinski definition) is 0. The Labute approximate surface area is 83.2 Å². The number of rotatable bonds is 5. The van der Waals surface area contributed by atoms with Crippen LogP contribution in [-0.2, 0) is 14.4 Å². The van der Waals surface area contributed by atoms with Crippen LogP contribution in [0.3, 0.4) is 0 Å². The normalized spacial score (nSPS) is 16.6. The molecule has 0 aromatic carbocycles. The lowest BCUT2D eigenvalue weighted by atomic mass is 9.97. The molecule has 0 bridgehead atoms. The molecule has 0 aromatic heterocycles. The Morgan fingerprint density at radius 1 is 1.29 bits per heavy atom. The van der Waals surface area contributed by atoms with Crippen molar-refractivity contribution in [2.75, 3.05) is 0 Å². The summed E-state index contributed by atoms with van der Waals surface area (Å²) < 4.78 is 0. The van der Waals surface area contributed by atoms with E-state index in [2.05, 4.69) is 0 Å². The molecule has 0 atom stereocenters. The Hall–Kier alpha value is -1.25.